The van der Waals surface area contributed by atoms with Gasteiger partial charge in [-0.25, -0.2) is 0 Å². The summed E-state index contributed by atoms with van der Waals surface area (Å²) < 4.78 is 0. The number of amides is 1. The van der Waals surface area contributed by atoms with Crippen molar-refractivity contribution in [3.63, 3.8) is 0 Å². The van der Waals surface area contributed by atoms with E-state index >= 15 is 0 Å². The summed E-state index contributed by atoms with van der Waals surface area (Å²) in [5, 5.41) is 6.18. The zero-order valence-electron chi connectivity index (χ0n) is 9.97. The van der Waals surface area contributed by atoms with Crippen molar-refractivity contribution < 1.29 is 4.79 Å². The number of carbonyl (C=O) groups excluding carboxylic acids is 1. The van der Waals surface area contributed by atoms with Gasteiger partial charge in [0.2, 0.25) is 5.91 Å². The van der Waals surface area contributed by atoms with Crippen LogP contribution >= 0.6 is 0 Å². The van der Waals surface area contributed by atoms with Gasteiger partial charge in [0, 0.05) is 6.54 Å². The van der Waals surface area contributed by atoms with E-state index in [1.807, 2.05) is 19.9 Å². The lowest BCUT2D eigenvalue weighted by atomic mass is 9.94. The van der Waals surface area contributed by atoms with Crippen LogP contribution in [0.2, 0.25) is 0 Å². The number of rotatable bonds is 3. The van der Waals surface area contributed by atoms with Crippen molar-refractivity contribution in [2.45, 2.75) is 39.7 Å². The molecule has 3 heteroatoms. The van der Waals surface area contributed by atoms with Crippen LogP contribution in [0.25, 0.3) is 0 Å². The van der Waals surface area contributed by atoms with Crippen LogP contribution in [-0.2, 0) is 4.79 Å². The molecule has 0 radical (unpaired) electrons. The molecule has 15 heavy (non-hydrogen) atoms. The number of nitrogens with one attached hydrogen (secondary N) is 2. The van der Waals surface area contributed by atoms with Gasteiger partial charge >= 0.3 is 0 Å². The second kappa shape index (κ2) is 5.91. The molecule has 0 bridgehead atoms. The quantitative estimate of drug-likeness (QED) is 0.692. The molecule has 1 saturated heterocycles. The molecule has 1 aliphatic heterocycles. The summed E-state index contributed by atoms with van der Waals surface area (Å²) in [7, 11) is 0. The lowest BCUT2D eigenvalue weighted by Crippen LogP contribution is -2.48. The van der Waals surface area contributed by atoms with Crippen molar-refractivity contribution in [1.29, 1.82) is 0 Å². The molecule has 2 atom stereocenters. The standard InChI is InChI=1S/C12H22N2O/c1-9(2)4-6-14-12(15)11-8-10(3)5-7-13-11/h4,10-11,13H,5-8H2,1-3H3,(H,14,15). The van der Waals surface area contributed by atoms with Crippen LogP contribution in [0.4, 0.5) is 0 Å². The number of carbonyl (C=O) groups is 1. The van der Waals surface area contributed by atoms with Gasteiger partial charge in [0.1, 0.15) is 0 Å². The molecule has 86 valence electrons. The summed E-state index contributed by atoms with van der Waals surface area (Å²) >= 11 is 0. The van der Waals surface area contributed by atoms with Gasteiger partial charge in [-0.2, -0.15) is 0 Å². The Hall–Kier alpha value is -0.830. The van der Waals surface area contributed by atoms with Crippen molar-refractivity contribution in [1.82, 2.24) is 10.6 Å². The van der Waals surface area contributed by atoms with Gasteiger partial charge in [-0.3, -0.25) is 4.79 Å². The second-order valence-corrected chi connectivity index (χ2v) is 4.66. The molecule has 1 fully saturated rings. The zero-order chi connectivity index (χ0) is 11.3. The topological polar surface area (TPSA) is 41.1 Å². The predicted octanol–water partition coefficient (Wildman–Crippen LogP) is 1.46. The molecule has 0 aromatic carbocycles. The summed E-state index contributed by atoms with van der Waals surface area (Å²) in [4.78, 5) is 11.7. The van der Waals surface area contributed by atoms with Gasteiger partial charge in [0.15, 0.2) is 0 Å². The average molecular weight is 210 g/mol. The third kappa shape index (κ3) is 4.47. The third-order valence-corrected chi connectivity index (χ3v) is 2.77. The van der Waals surface area contributed by atoms with E-state index in [2.05, 4.69) is 17.6 Å². The second-order valence-electron chi connectivity index (χ2n) is 4.66. The van der Waals surface area contributed by atoms with Crippen LogP contribution in [0, 0.1) is 5.92 Å². The highest BCUT2D eigenvalue weighted by Gasteiger charge is 2.23. The molecule has 0 aromatic rings. The van der Waals surface area contributed by atoms with E-state index in [0.29, 0.717) is 12.5 Å². The summed E-state index contributed by atoms with van der Waals surface area (Å²) in [6.07, 6.45) is 4.17. The number of allylic oxidation sites excluding steroid dienone is 1. The maximum absolute atomic E-state index is 11.7. The monoisotopic (exact) mass is 210 g/mol. The third-order valence-electron chi connectivity index (χ3n) is 2.77. The molecular weight excluding hydrogens is 188 g/mol. The molecule has 2 unspecified atom stereocenters. The van der Waals surface area contributed by atoms with Gasteiger partial charge in [-0.1, -0.05) is 18.6 Å². The van der Waals surface area contributed by atoms with Gasteiger partial charge in [-0.05, 0) is 39.2 Å². The van der Waals surface area contributed by atoms with Crippen LogP contribution in [-0.4, -0.2) is 25.0 Å². The Morgan fingerprint density at radius 1 is 1.53 bits per heavy atom. The molecule has 2 N–H and O–H groups in total. The van der Waals surface area contributed by atoms with Crippen molar-refractivity contribution in [2.24, 2.45) is 5.92 Å². The summed E-state index contributed by atoms with van der Waals surface area (Å²) in [5.74, 6) is 0.796. The van der Waals surface area contributed by atoms with Crippen LogP contribution in [0.1, 0.15) is 33.6 Å². The lowest BCUT2D eigenvalue weighted by Gasteiger charge is -2.27. The van der Waals surface area contributed by atoms with E-state index in [1.165, 1.54) is 12.0 Å². The Bertz CT molecular complexity index is 244. The molecule has 1 heterocycles. The first-order chi connectivity index (χ1) is 7.09. The summed E-state index contributed by atoms with van der Waals surface area (Å²) in [6, 6.07) is 0.0133. The van der Waals surface area contributed by atoms with E-state index in [0.717, 1.165) is 13.0 Å². The first-order valence-corrected chi connectivity index (χ1v) is 5.74. The normalized spacial score (nSPS) is 25.8. The minimum Gasteiger partial charge on any atom is -0.351 e. The molecular formula is C12H22N2O. The first-order valence-electron chi connectivity index (χ1n) is 5.74. The number of piperidine rings is 1. The Balaban J connectivity index is 2.30. The maximum atomic E-state index is 11.7. The van der Waals surface area contributed by atoms with Crippen LogP contribution < -0.4 is 10.6 Å². The van der Waals surface area contributed by atoms with Crippen molar-refractivity contribution >= 4 is 5.91 Å². The molecule has 1 rings (SSSR count). The molecule has 0 saturated carbocycles. The van der Waals surface area contributed by atoms with Crippen LogP contribution in [0.3, 0.4) is 0 Å². The maximum Gasteiger partial charge on any atom is 0.237 e. The first kappa shape index (κ1) is 12.2. The largest absolute Gasteiger partial charge is 0.351 e. The van der Waals surface area contributed by atoms with Crippen LogP contribution in [0.15, 0.2) is 11.6 Å². The van der Waals surface area contributed by atoms with Gasteiger partial charge < -0.3 is 10.6 Å². The van der Waals surface area contributed by atoms with E-state index < -0.39 is 0 Å². The summed E-state index contributed by atoms with van der Waals surface area (Å²) in [5.41, 5.74) is 1.24. The van der Waals surface area contributed by atoms with Crippen molar-refractivity contribution in [2.75, 3.05) is 13.1 Å². The highest BCUT2D eigenvalue weighted by Crippen LogP contribution is 2.14. The smallest absolute Gasteiger partial charge is 0.237 e. The average Bonchev–Trinajstić information content (AvgIpc) is 2.17. The SMILES string of the molecule is CC(C)=CCNC(=O)C1CC(C)CCN1. The van der Waals surface area contributed by atoms with Gasteiger partial charge in [-0.15, -0.1) is 0 Å². The number of hydrogen-bond donors (Lipinski definition) is 2. The molecule has 3 nitrogen and oxygen atoms in total. The molecule has 1 aliphatic rings. The van der Waals surface area contributed by atoms with E-state index in [1.54, 1.807) is 0 Å². The fraction of sp³-hybridized carbons (Fsp3) is 0.750. The minimum atomic E-state index is 0.0133. The number of hydrogen-bond acceptors (Lipinski definition) is 2. The summed E-state index contributed by atoms with van der Waals surface area (Å²) in [6.45, 7) is 7.88. The minimum absolute atomic E-state index is 0.0133. The molecule has 1 amide bonds. The fourth-order valence-electron chi connectivity index (χ4n) is 1.79. The zero-order valence-corrected chi connectivity index (χ0v) is 9.97. The highest BCUT2D eigenvalue weighted by molar-refractivity contribution is 5.81. The molecule has 0 spiro atoms. The van der Waals surface area contributed by atoms with E-state index in [9.17, 15) is 4.79 Å². The highest BCUT2D eigenvalue weighted by atomic mass is 16.2. The Labute approximate surface area is 92.3 Å². The predicted molar refractivity (Wildman–Crippen MR) is 62.6 cm³/mol. The Morgan fingerprint density at radius 3 is 2.87 bits per heavy atom. The Morgan fingerprint density at radius 2 is 2.27 bits per heavy atom. The van der Waals surface area contributed by atoms with E-state index in [-0.39, 0.29) is 11.9 Å². The van der Waals surface area contributed by atoms with Crippen molar-refractivity contribution in [3.8, 4) is 0 Å². The fourth-order valence-corrected chi connectivity index (χ4v) is 1.79. The van der Waals surface area contributed by atoms with Crippen LogP contribution in [0.5, 0.6) is 0 Å². The van der Waals surface area contributed by atoms with E-state index in [4.69, 9.17) is 0 Å². The van der Waals surface area contributed by atoms with Crippen molar-refractivity contribution in [3.05, 3.63) is 11.6 Å². The van der Waals surface area contributed by atoms with Gasteiger partial charge in [0.05, 0.1) is 6.04 Å². The molecule has 0 aliphatic carbocycles. The Kier molecular flexibility index (Phi) is 4.82. The lowest BCUT2D eigenvalue weighted by molar-refractivity contribution is -0.123. The van der Waals surface area contributed by atoms with Gasteiger partial charge in [0.25, 0.3) is 0 Å². The molecule has 0 aromatic heterocycles.